The Labute approximate surface area is 111 Å². The van der Waals surface area contributed by atoms with Crippen LogP contribution in [0.1, 0.15) is 5.69 Å². The summed E-state index contributed by atoms with van der Waals surface area (Å²) in [6.45, 7) is 1.88. The smallest absolute Gasteiger partial charge is 0.223 e. The highest BCUT2D eigenvalue weighted by molar-refractivity contribution is 14.1. The number of aryl methyl sites for hydroxylation is 1. The van der Waals surface area contributed by atoms with Gasteiger partial charge in [0.25, 0.3) is 0 Å². The third-order valence-corrected chi connectivity index (χ3v) is 2.63. The van der Waals surface area contributed by atoms with Crippen molar-refractivity contribution in [2.45, 2.75) is 6.92 Å². The first-order valence-electron chi connectivity index (χ1n) is 4.44. The van der Waals surface area contributed by atoms with Crippen LogP contribution in [0, 0.1) is 10.6 Å². The number of halogens is 2. The van der Waals surface area contributed by atoms with Crippen molar-refractivity contribution in [1.82, 2.24) is 15.0 Å². The molecule has 82 valence electrons. The second kappa shape index (κ2) is 4.92. The zero-order valence-corrected chi connectivity index (χ0v) is 11.2. The molecular formula is C10H7ClIN3O. The molecule has 0 radical (unpaired) electrons. The van der Waals surface area contributed by atoms with E-state index in [2.05, 4.69) is 37.5 Å². The zero-order valence-electron chi connectivity index (χ0n) is 8.32. The number of ether oxygens (including phenoxy) is 1. The van der Waals surface area contributed by atoms with Crippen LogP contribution in [-0.4, -0.2) is 15.0 Å². The lowest BCUT2D eigenvalue weighted by atomic mass is 10.3. The lowest BCUT2D eigenvalue weighted by Crippen LogP contribution is -1.94. The molecule has 0 bridgehead atoms. The zero-order chi connectivity index (χ0) is 11.5. The molecule has 16 heavy (non-hydrogen) atoms. The molecule has 0 amide bonds. The van der Waals surface area contributed by atoms with Crippen molar-refractivity contribution >= 4 is 34.2 Å². The molecule has 0 aliphatic rings. The van der Waals surface area contributed by atoms with E-state index >= 15 is 0 Å². The molecule has 0 saturated carbocycles. The Morgan fingerprint density at radius 2 is 2.12 bits per heavy atom. The molecule has 0 saturated heterocycles. The van der Waals surface area contributed by atoms with Gasteiger partial charge in [-0.2, -0.15) is 0 Å². The summed E-state index contributed by atoms with van der Waals surface area (Å²) in [7, 11) is 0. The number of hydrogen-bond donors (Lipinski definition) is 0. The van der Waals surface area contributed by atoms with Gasteiger partial charge >= 0.3 is 0 Å². The van der Waals surface area contributed by atoms with Crippen molar-refractivity contribution in [3.63, 3.8) is 0 Å². The molecule has 0 aliphatic carbocycles. The van der Waals surface area contributed by atoms with E-state index in [4.69, 9.17) is 16.3 Å². The second-order valence-corrected chi connectivity index (χ2v) is 4.49. The van der Waals surface area contributed by atoms with Crippen molar-refractivity contribution in [1.29, 1.82) is 0 Å². The van der Waals surface area contributed by atoms with E-state index in [0.717, 1.165) is 9.39 Å². The van der Waals surface area contributed by atoms with Crippen LogP contribution in [0.3, 0.4) is 0 Å². The fraction of sp³-hybridized carbons (Fsp3) is 0.100. The van der Waals surface area contributed by atoms with Crippen LogP contribution in [-0.2, 0) is 0 Å². The van der Waals surface area contributed by atoms with E-state index in [1.807, 2.05) is 19.1 Å². The minimum absolute atomic E-state index is 0.348. The van der Waals surface area contributed by atoms with Crippen LogP contribution in [0.4, 0.5) is 0 Å². The SMILES string of the molecule is Cc1nc(I)ccc1Oc1cc(Cl)ncn1. The van der Waals surface area contributed by atoms with Crippen LogP contribution < -0.4 is 4.74 Å². The van der Waals surface area contributed by atoms with Gasteiger partial charge in [0.15, 0.2) is 5.75 Å². The van der Waals surface area contributed by atoms with Gasteiger partial charge in [-0.3, -0.25) is 0 Å². The Balaban J connectivity index is 2.27. The van der Waals surface area contributed by atoms with Gasteiger partial charge in [-0.25, -0.2) is 15.0 Å². The summed E-state index contributed by atoms with van der Waals surface area (Å²) in [6, 6.07) is 5.27. The number of rotatable bonds is 2. The standard InChI is InChI=1S/C10H7ClIN3O/c1-6-7(2-3-9(12)15-6)16-10-4-8(11)13-5-14-10/h2-5H,1H3. The summed E-state index contributed by atoms with van der Waals surface area (Å²) in [6.07, 6.45) is 1.35. The molecule has 2 aromatic heterocycles. The maximum atomic E-state index is 5.73. The summed E-state index contributed by atoms with van der Waals surface area (Å²) in [5.41, 5.74) is 0.807. The average Bonchev–Trinajstić information content (AvgIpc) is 2.22. The highest BCUT2D eigenvalue weighted by atomic mass is 127. The Hall–Kier alpha value is -0.950. The second-order valence-electron chi connectivity index (χ2n) is 3.00. The molecule has 0 atom stereocenters. The van der Waals surface area contributed by atoms with Crippen molar-refractivity contribution in [2.24, 2.45) is 0 Å². The van der Waals surface area contributed by atoms with Gasteiger partial charge in [0.05, 0.1) is 5.69 Å². The summed E-state index contributed by atoms with van der Waals surface area (Å²) in [5.74, 6) is 1.07. The fourth-order valence-electron chi connectivity index (χ4n) is 1.11. The van der Waals surface area contributed by atoms with E-state index in [-0.39, 0.29) is 0 Å². The maximum Gasteiger partial charge on any atom is 0.223 e. The minimum atomic E-state index is 0.348. The van der Waals surface area contributed by atoms with Crippen LogP contribution in [0.15, 0.2) is 24.5 Å². The van der Waals surface area contributed by atoms with Crippen LogP contribution in [0.25, 0.3) is 0 Å². The van der Waals surface area contributed by atoms with E-state index in [1.165, 1.54) is 6.33 Å². The highest BCUT2D eigenvalue weighted by Gasteiger charge is 2.04. The van der Waals surface area contributed by atoms with Crippen molar-refractivity contribution in [2.75, 3.05) is 0 Å². The number of pyridine rings is 1. The Morgan fingerprint density at radius 1 is 1.31 bits per heavy atom. The minimum Gasteiger partial charge on any atom is -0.437 e. The molecule has 6 heteroatoms. The van der Waals surface area contributed by atoms with Gasteiger partial charge in [0, 0.05) is 6.07 Å². The van der Waals surface area contributed by atoms with Gasteiger partial charge < -0.3 is 4.74 Å². The highest BCUT2D eigenvalue weighted by Crippen LogP contribution is 2.23. The van der Waals surface area contributed by atoms with E-state index < -0.39 is 0 Å². The van der Waals surface area contributed by atoms with E-state index in [0.29, 0.717) is 16.8 Å². The fourth-order valence-corrected chi connectivity index (χ4v) is 1.79. The van der Waals surface area contributed by atoms with Crippen molar-refractivity contribution < 1.29 is 4.74 Å². The summed E-state index contributed by atoms with van der Waals surface area (Å²) in [4.78, 5) is 12.0. The molecule has 2 rings (SSSR count). The molecule has 0 aliphatic heterocycles. The van der Waals surface area contributed by atoms with Crippen LogP contribution >= 0.6 is 34.2 Å². The molecule has 0 aromatic carbocycles. The van der Waals surface area contributed by atoms with Crippen LogP contribution in [0.5, 0.6) is 11.6 Å². The summed E-state index contributed by atoms with van der Waals surface area (Å²) in [5, 5.41) is 0.348. The van der Waals surface area contributed by atoms with Gasteiger partial charge in [-0.15, -0.1) is 0 Å². The maximum absolute atomic E-state index is 5.73. The largest absolute Gasteiger partial charge is 0.437 e. The number of nitrogens with zero attached hydrogens (tertiary/aromatic N) is 3. The number of aromatic nitrogens is 3. The van der Waals surface area contributed by atoms with Crippen LogP contribution in [0.2, 0.25) is 5.15 Å². The van der Waals surface area contributed by atoms with Gasteiger partial charge in [0.2, 0.25) is 5.88 Å². The Bertz CT molecular complexity index is 521. The lowest BCUT2D eigenvalue weighted by molar-refractivity contribution is 0.455. The third-order valence-electron chi connectivity index (χ3n) is 1.83. The Kier molecular flexibility index (Phi) is 3.55. The first-order valence-corrected chi connectivity index (χ1v) is 5.89. The van der Waals surface area contributed by atoms with E-state index in [1.54, 1.807) is 6.07 Å². The molecule has 0 unspecified atom stereocenters. The lowest BCUT2D eigenvalue weighted by Gasteiger charge is -2.06. The van der Waals surface area contributed by atoms with Crippen molar-refractivity contribution in [3.05, 3.63) is 39.1 Å². The molecule has 0 N–H and O–H groups in total. The van der Waals surface area contributed by atoms with Gasteiger partial charge in [0.1, 0.15) is 15.2 Å². The first-order chi connectivity index (χ1) is 7.65. The topological polar surface area (TPSA) is 47.9 Å². The molecule has 0 spiro atoms. The summed E-state index contributed by atoms with van der Waals surface area (Å²) >= 11 is 7.87. The number of hydrogen-bond acceptors (Lipinski definition) is 4. The third kappa shape index (κ3) is 2.79. The molecule has 0 fully saturated rings. The predicted molar refractivity (Wildman–Crippen MR) is 68.8 cm³/mol. The summed E-state index contributed by atoms with van der Waals surface area (Å²) < 4.78 is 6.46. The normalized spacial score (nSPS) is 10.2. The monoisotopic (exact) mass is 347 g/mol. The first kappa shape index (κ1) is 11.5. The average molecular weight is 348 g/mol. The molecular weight excluding hydrogens is 340 g/mol. The quantitative estimate of drug-likeness (QED) is 0.475. The van der Waals surface area contributed by atoms with Crippen molar-refractivity contribution in [3.8, 4) is 11.6 Å². The van der Waals surface area contributed by atoms with Gasteiger partial charge in [-0.05, 0) is 41.6 Å². The molecule has 4 nitrogen and oxygen atoms in total. The van der Waals surface area contributed by atoms with Gasteiger partial charge in [-0.1, -0.05) is 11.6 Å². The Morgan fingerprint density at radius 3 is 2.81 bits per heavy atom. The van der Waals surface area contributed by atoms with E-state index in [9.17, 15) is 0 Å². The molecule has 2 heterocycles. The molecule has 2 aromatic rings. The predicted octanol–water partition coefficient (Wildman–Crippen LogP) is 3.23.